The van der Waals surface area contributed by atoms with E-state index in [2.05, 4.69) is 0 Å². The van der Waals surface area contributed by atoms with Gasteiger partial charge in [0.15, 0.2) is 0 Å². The van der Waals surface area contributed by atoms with E-state index in [1.165, 1.54) is 0 Å². The van der Waals surface area contributed by atoms with Crippen molar-refractivity contribution in [2.24, 2.45) is 7.05 Å². The van der Waals surface area contributed by atoms with Gasteiger partial charge in [-0.25, -0.2) is 9.78 Å². The molecule has 0 atom stereocenters. The number of benzene rings is 2. The highest BCUT2D eigenvalue weighted by Gasteiger charge is 2.27. The maximum Gasteiger partial charge on any atom is 0.410 e. The van der Waals surface area contributed by atoms with E-state index in [0.29, 0.717) is 25.2 Å². The molecular formula is C21H22N4O2. The number of carbonyl (C=O) groups excluding carboxylic acids is 1. The maximum absolute atomic E-state index is 12.5. The van der Waals surface area contributed by atoms with E-state index >= 15 is 0 Å². The van der Waals surface area contributed by atoms with Crippen LogP contribution >= 0.6 is 0 Å². The maximum atomic E-state index is 12.5. The van der Waals surface area contributed by atoms with Crippen LogP contribution in [0.1, 0.15) is 17.0 Å². The zero-order valence-corrected chi connectivity index (χ0v) is 15.3. The van der Waals surface area contributed by atoms with Crippen molar-refractivity contribution in [3.8, 4) is 11.4 Å². The lowest BCUT2D eigenvalue weighted by Crippen LogP contribution is -2.37. The molecule has 0 fully saturated rings. The fourth-order valence-corrected chi connectivity index (χ4v) is 3.39. The molecular weight excluding hydrogens is 340 g/mol. The highest BCUT2D eigenvalue weighted by atomic mass is 16.6. The molecule has 2 heterocycles. The molecule has 3 aromatic rings. The van der Waals surface area contributed by atoms with Gasteiger partial charge in [-0.1, -0.05) is 42.5 Å². The molecule has 0 unspecified atom stereocenters. The number of nitrogens with zero attached hydrogens (tertiary/aromatic N) is 3. The molecule has 1 aromatic heterocycles. The average Bonchev–Trinajstić information content (AvgIpc) is 3.03. The van der Waals surface area contributed by atoms with Gasteiger partial charge in [0.05, 0.1) is 17.9 Å². The number of ether oxygens (including phenoxy) is 1. The van der Waals surface area contributed by atoms with Crippen LogP contribution in [0, 0.1) is 0 Å². The second-order valence-electron chi connectivity index (χ2n) is 6.73. The number of amides is 1. The summed E-state index contributed by atoms with van der Waals surface area (Å²) in [5.74, 6) is 0.867. The summed E-state index contributed by atoms with van der Waals surface area (Å²) in [7, 11) is 1.98. The summed E-state index contributed by atoms with van der Waals surface area (Å²) in [5, 5.41) is 0. The van der Waals surface area contributed by atoms with Crippen molar-refractivity contribution in [3.63, 3.8) is 0 Å². The highest BCUT2D eigenvalue weighted by molar-refractivity contribution is 5.68. The average molecular weight is 362 g/mol. The van der Waals surface area contributed by atoms with Crippen molar-refractivity contribution in [3.05, 3.63) is 71.5 Å². The van der Waals surface area contributed by atoms with Crippen LogP contribution in [0.2, 0.25) is 0 Å². The van der Waals surface area contributed by atoms with E-state index in [4.69, 9.17) is 15.5 Å². The molecule has 0 bridgehead atoms. The predicted octanol–water partition coefficient (Wildman–Crippen LogP) is 3.36. The molecule has 6 nitrogen and oxygen atoms in total. The zero-order valence-electron chi connectivity index (χ0n) is 15.3. The van der Waals surface area contributed by atoms with Gasteiger partial charge in [-0.2, -0.15) is 0 Å². The molecule has 2 aromatic carbocycles. The standard InChI is InChI=1S/C21H22N4O2/c1-24-19-13-25(21(26)27-14-15-6-3-2-4-7-15)11-10-18(19)23-20(24)16-8-5-9-17(22)12-16/h2-9,12H,10-11,13-14,22H2,1H3. The second kappa shape index (κ2) is 7.15. The monoisotopic (exact) mass is 362 g/mol. The summed E-state index contributed by atoms with van der Waals surface area (Å²) in [6, 6.07) is 17.4. The van der Waals surface area contributed by atoms with Crippen molar-refractivity contribution in [2.45, 2.75) is 19.6 Å². The third-order valence-electron chi connectivity index (χ3n) is 4.86. The summed E-state index contributed by atoms with van der Waals surface area (Å²) < 4.78 is 7.51. The minimum Gasteiger partial charge on any atom is -0.445 e. The number of nitrogens with two attached hydrogens (primary N) is 1. The first-order valence-corrected chi connectivity index (χ1v) is 8.98. The Bertz CT molecular complexity index is 966. The molecule has 6 heteroatoms. The van der Waals surface area contributed by atoms with Crippen molar-refractivity contribution >= 4 is 11.8 Å². The van der Waals surface area contributed by atoms with Gasteiger partial charge in [-0.3, -0.25) is 0 Å². The van der Waals surface area contributed by atoms with Gasteiger partial charge in [0.1, 0.15) is 12.4 Å². The number of fused-ring (bicyclic) bond motifs is 1. The Morgan fingerprint density at radius 3 is 2.78 bits per heavy atom. The first-order chi connectivity index (χ1) is 13.1. The Balaban J connectivity index is 1.49. The highest BCUT2D eigenvalue weighted by Crippen LogP contribution is 2.27. The molecule has 0 aliphatic carbocycles. The Morgan fingerprint density at radius 1 is 1.19 bits per heavy atom. The van der Waals surface area contributed by atoms with E-state index in [1.807, 2.05) is 66.2 Å². The number of hydrogen-bond donors (Lipinski definition) is 1. The lowest BCUT2D eigenvalue weighted by molar-refractivity contribution is 0.0909. The topological polar surface area (TPSA) is 73.4 Å². The van der Waals surface area contributed by atoms with Gasteiger partial charge in [-0.05, 0) is 17.7 Å². The molecule has 0 radical (unpaired) electrons. The smallest absolute Gasteiger partial charge is 0.410 e. The lowest BCUT2D eigenvalue weighted by Gasteiger charge is -2.26. The van der Waals surface area contributed by atoms with Crippen LogP contribution in [0.5, 0.6) is 0 Å². The molecule has 1 amide bonds. The summed E-state index contributed by atoms with van der Waals surface area (Å²) in [6.07, 6.45) is 0.419. The number of anilines is 1. The van der Waals surface area contributed by atoms with Gasteiger partial charge in [0.25, 0.3) is 0 Å². The number of imidazole rings is 1. The molecule has 0 saturated heterocycles. The van der Waals surface area contributed by atoms with Crippen LogP contribution in [0.3, 0.4) is 0 Å². The SMILES string of the molecule is Cn1c(-c2cccc(N)c2)nc2c1CN(C(=O)OCc1ccccc1)CC2. The molecule has 27 heavy (non-hydrogen) atoms. The number of hydrogen-bond acceptors (Lipinski definition) is 4. The quantitative estimate of drug-likeness (QED) is 0.725. The van der Waals surface area contributed by atoms with Gasteiger partial charge in [0, 0.05) is 31.3 Å². The number of aromatic nitrogens is 2. The van der Waals surface area contributed by atoms with E-state index in [0.717, 1.165) is 28.3 Å². The summed E-state index contributed by atoms with van der Waals surface area (Å²) in [5.41, 5.74) is 10.6. The van der Waals surface area contributed by atoms with E-state index in [9.17, 15) is 4.79 Å². The summed E-state index contributed by atoms with van der Waals surface area (Å²) >= 11 is 0. The van der Waals surface area contributed by atoms with Crippen LogP contribution in [-0.4, -0.2) is 27.1 Å². The summed E-state index contributed by atoms with van der Waals surface area (Å²) in [4.78, 5) is 19.0. The predicted molar refractivity (Wildman–Crippen MR) is 104 cm³/mol. The fourth-order valence-electron chi connectivity index (χ4n) is 3.39. The van der Waals surface area contributed by atoms with Gasteiger partial charge in [0.2, 0.25) is 0 Å². The van der Waals surface area contributed by atoms with Gasteiger partial charge < -0.3 is 19.9 Å². The van der Waals surface area contributed by atoms with Crippen LogP contribution in [-0.2, 0) is 31.4 Å². The molecule has 1 aliphatic rings. The number of rotatable bonds is 3. The van der Waals surface area contributed by atoms with Crippen molar-refractivity contribution in [2.75, 3.05) is 12.3 Å². The van der Waals surface area contributed by atoms with Gasteiger partial charge in [-0.15, -0.1) is 0 Å². The lowest BCUT2D eigenvalue weighted by atomic mass is 10.1. The Labute approximate surface area is 158 Å². The third kappa shape index (κ3) is 3.51. The fraction of sp³-hybridized carbons (Fsp3) is 0.238. The third-order valence-corrected chi connectivity index (χ3v) is 4.86. The van der Waals surface area contributed by atoms with E-state index in [1.54, 1.807) is 4.90 Å². The van der Waals surface area contributed by atoms with Crippen molar-refractivity contribution in [1.29, 1.82) is 0 Å². The minimum absolute atomic E-state index is 0.281. The molecule has 2 N–H and O–H groups in total. The summed E-state index contributed by atoms with van der Waals surface area (Å²) in [6.45, 7) is 1.38. The van der Waals surface area contributed by atoms with Crippen LogP contribution in [0.15, 0.2) is 54.6 Å². The number of carbonyl (C=O) groups is 1. The largest absolute Gasteiger partial charge is 0.445 e. The van der Waals surface area contributed by atoms with Crippen molar-refractivity contribution in [1.82, 2.24) is 14.5 Å². The van der Waals surface area contributed by atoms with Crippen molar-refractivity contribution < 1.29 is 9.53 Å². The Morgan fingerprint density at radius 2 is 2.00 bits per heavy atom. The van der Waals surface area contributed by atoms with E-state index < -0.39 is 0 Å². The van der Waals surface area contributed by atoms with E-state index in [-0.39, 0.29) is 12.7 Å². The molecule has 4 rings (SSSR count). The molecule has 138 valence electrons. The van der Waals surface area contributed by atoms with Gasteiger partial charge >= 0.3 is 6.09 Å². The molecule has 0 saturated carbocycles. The van der Waals surface area contributed by atoms with Crippen LogP contribution in [0.4, 0.5) is 10.5 Å². The Hall–Kier alpha value is -3.28. The molecule has 1 aliphatic heterocycles. The number of nitrogen functional groups attached to an aromatic ring is 1. The normalized spacial score (nSPS) is 13.3. The minimum atomic E-state index is -0.295. The molecule has 0 spiro atoms. The second-order valence-corrected chi connectivity index (χ2v) is 6.73. The van der Waals surface area contributed by atoms with Crippen LogP contribution < -0.4 is 5.73 Å². The first kappa shape index (κ1) is 17.1. The Kier molecular flexibility index (Phi) is 4.54. The first-order valence-electron chi connectivity index (χ1n) is 8.98. The van der Waals surface area contributed by atoms with Crippen LogP contribution in [0.25, 0.3) is 11.4 Å². The zero-order chi connectivity index (χ0) is 18.8.